The third kappa shape index (κ3) is 4.16. The monoisotopic (exact) mass is 231 g/mol. The Labute approximate surface area is 106 Å². The minimum atomic E-state index is 0.486. The predicted molar refractivity (Wildman–Crippen MR) is 74.1 cm³/mol. The third-order valence-electron chi connectivity index (χ3n) is 4.03. The van der Waals surface area contributed by atoms with Gasteiger partial charge in [0.15, 0.2) is 0 Å². The van der Waals surface area contributed by atoms with E-state index in [1.54, 1.807) is 0 Å². The second-order valence-corrected chi connectivity index (χ2v) is 5.38. The van der Waals surface area contributed by atoms with Gasteiger partial charge < -0.3 is 5.32 Å². The summed E-state index contributed by atoms with van der Waals surface area (Å²) in [6, 6.07) is 11.2. The van der Waals surface area contributed by atoms with Crippen LogP contribution in [0.25, 0.3) is 0 Å². The highest BCUT2D eigenvalue weighted by molar-refractivity contribution is 5.17. The minimum Gasteiger partial charge on any atom is -0.310 e. The van der Waals surface area contributed by atoms with Gasteiger partial charge in [0, 0.05) is 6.04 Å². The third-order valence-corrected chi connectivity index (χ3v) is 4.03. The Balaban J connectivity index is 1.67. The van der Waals surface area contributed by atoms with Crippen molar-refractivity contribution in [3.63, 3.8) is 0 Å². The molecule has 1 aliphatic rings. The Bertz CT molecular complexity index is 301. The van der Waals surface area contributed by atoms with Crippen LogP contribution >= 0.6 is 0 Å². The van der Waals surface area contributed by atoms with Crippen molar-refractivity contribution in [2.45, 2.75) is 51.5 Å². The lowest BCUT2D eigenvalue weighted by atomic mass is 9.87. The Morgan fingerprint density at radius 3 is 2.53 bits per heavy atom. The summed E-state index contributed by atoms with van der Waals surface area (Å²) in [4.78, 5) is 0. The van der Waals surface area contributed by atoms with E-state index in [0.717, 1.165) is 5.92 Å². The second-order valence-electron chi connectivity index (χ2n) is 5.38. The summed E-state index contributed by atoms with van der Waals surface area (Å²) in [6.07, 6.45) is 8.65. The number of rotatable bonds is 5. The molecule has 1 saturated carbocycles. The lowest BCUT2D eigenvalue weighted by molar-refractivity contribution is 0.329. The van der Waals surface area contributed by atoms with E-state index >= 15 is 0 Å². The first-order valence-corrected chi connectivity index (χ1v) is 7.14. The quantitative estimate of drug-likeness (QED) is 0.796. The Hall–Kier alpha value is -0.820. The van der Waals surface area contributed by atoms with Crippen molar-refractivity contribution in [1.82, 2.24) is 5.32 Å². The van der Waals surface area contributed by atoms with E-state index in [-0.39, 0.29) is 0 Å². The maximum atomic E-state index is 3.65. The van der Waals surface area contributed by atoms with Crippen LogP contribution in [0, 0.1) is 5.92 Å². The summed E-state index contributed by atoms with van der Waals surface area (Å²) in [7, 11) is 0. The van der Waals surface area contributed by atoms with Gasteiger partial charge >= 0.3 is 0 Å². The summed E-state index contributed by atoms with van der Waals surface area (Å²) in [5.41, 5.74) is 1.40. The Kier molecular flexibility index (Phi) is 5.06. The first-order chi connectivity index (χ1) is 8.36. The number of hydrogen-bond acceptors (Lipinski definition) is 1. The normalized spacial score (nSPS) is 19.1. The molecule has 0 aromatic heterocycles. The van der Waals surface area contributed by atoms with Crippen LogP contribution in [0.15, 0.2) is 30.3 Å². The molecule has 1 N–H and O–H groups in total. The summed E-state index contributed by atoms with van der Waals surface area (Å²) in [6.45, 7) is 3.43. The molecule has 0 radical (unpaired) electrons. The van der Waals surface area contributed by atoms with Crippen LogP contribution in [0.4, 0.5) is 0 Å². The molecule has 0 saturated heterocycles. The van der Waals surface area contributed by atoms with Gasteiger partial charge in [0.25, 0.3) is 0 Å². The van der Waals surface area contributed by atoms with Gasteiger partial charge in [-0.05, 0) is 31.4 Å². The van der Waals surface area contributed by atoms with Gasteiger partial charge in [0.2, 0.25) is 0 Å². The summed E-state index contributed by atoms with van der Waals surface area (Å²) in [5, 5.41) is 3.65. The van der Waals surface area contributed by atoms with Crippen LogP contribution in [-0.2, 0) is 0 Å². The largest absolute Gasteiger partial charge is 0.310 e. The first kappa shape index (κ1) is 12.6. The predicted octanol–water partition coefficient (Wildman–Crippen LogP) is 4.31. The van der Waals surface area contributed by atoms with Crippen LogP contribution in [-0.4, -0.2) is 6.54 Å². The van der Waals surface area contributed by atoms with Crippen LogP contribution in [0.3, 0.4) is 0 Å². The molecule has 17 heavy (non-hydrogen) atoms. The van der Waals surface area contributed by atoms with Gasteiger partial charge in [-0.15, -0.1) is 0 Å². The molecular weight excluding hydrogens is 206 g/mol. The molecule has 94 valence electrons. The molecule has 0 bridgehead atoms. The molecule has 1 nitrogen and oxygen atoms in total. The highest BCUT2D eigenvalue weighted by Crippen LogP contribution is 2.26. The van der Waals surface area contributed by atoms with Crippen molar-refractivity contribution in [2.24, 2.45) is 5.92 Å². The standard InChI is InChI=1S/C16H25N/c1-14(16-10-6-3-7-11-16)17-13-12-15-8-4-2-5-9-15/h3,6-7,10-11,14-15,17H,2,4-5,8-9,12-13H2,1H3/t14-/m1/s1. The van der Waals surface area contributed by atoms with Crippen LogP contribution in [0.2, 0.25) is 0 Å². The fourth-order valence-corrected chi connectivity index (χ4v) is 2.84. The lowest BCUT2D eigenvalue weighted by Crippen LogP contribution is -2.22. The maximum absolute atomic E-state index is 3.65. The fraction of sp³-hybridized carbons (Fsp3) is 0.625. The van der Waals surface area contributed by atoms with Gasteiger partial charge in [-0.25, -0.2) is 0 Å². The van der Waals surface area contributed by atoms with Crippen molar-refractivity contribution in [3.8, 4) is 0 Å². The molecule has 1 aliphatic carbocycles. The molecular formula is C16H25N. The highest BCUT2D eigenvalue weighted by Gasteiger charge is 2.13. The fourth-order valence-electron chi connectivity index (χ4n) is 2.84. The van der Waals surface area contributed by atoms with E-state index in [9.17, 15) is 0 Å². The summed E-state index contributed by atoms with van der Waals surface area (Å²) >= 11 is 0. The summed E-state index contributed by atoms with van der Waals surface area (Å²) < 4.78 is 0. The van der Waals surface area contributed by atoms with E-state index in [0.29, 0.717) is 6.04 Å². The maximum Gasteiger partial charge on any atom is 0.0291 e. The smallest absolute Gasteiger partial charge is 0.0291 e. The Morgan fingerprint density at radius 2 is 1.82 bits per heavy atom. The average Bonchev–Trinajstić information content (AvgIpc) is 2.41. The van der Waals surface area contributed by atoms with Crippen molar-refractivity contribution in [1.29, 1.82) is 0 Å². The first-order valence-electron chi connectivity index (χ1n) is 7.14. The molecule has 0 spiro atoms. The molecule has 0 aliphatic heterocycles. The number of nitrogens with one attached hydrogen (secondary N) is 1. The number of hydrogen-bond donors (Lipinski definition) is 1. The van der Waals surface area contributed by atoms with Crippen molar-refractivity contribution >= 4 is 0 Å². The van der Waals surface area contributed by atoms with Gasteiger partial charge in [-0.3, -0.25) is 0 Å². The molecule has 1 aromatic carbocycles. The van der Waals surface area contributed by atoms with E-state index in [1.807, 2.05) is 0 Å². The zero-order valence-corrected chi connectivity index (χ0v) is 11.0. The average molecular weight is 231 g/mol. The second kappa shape index (κ2) is 6.80. The lowest BCUT2D eigenvalue weighted by Gasteiger charge is -2.22. The van der Waals surface area contributed by atoms with E-state index in [4.69, 9.17) is 0 Å². The van der Waals surface area contributed by atoms with Crippen LogP contribution < -0.4 is 5.32 Å². The number of benzene rings is 1. The highest BCUT2D eigenvalue weighted by atomic mass is 14.9. The van der Waals surface area contributed by atoms with E-state index in [2.05, 4.69) is 42.6 Å². The minimum absolute atomic E-state index is 0.486. The van der Waals surface area contributed by atoms with Gasteiger partial charge in [-0.1, -0.05) is 62.4 Å². The van der Waals surface area contributed by atoms with Gasteiger partial charge in [-0.2, -0.15) is 0 Å². The SMILES string of the molecule is C[C@@H](NCCC1CCCCC1)c1ccccc1. The van der Waals surface area contributed by atoms with Crippen molar-refractivity contribution in [3.05, 3.63) is 35.9 Å². The molecule has 0 amide bonds. The van der Waals surface area contributed by atoms with E-state index in [1.165, 1.54) is 50.6 Å². The van der Waals surface area contributed by atoms with Crippen LogP contribution in [0.1, 0.15) is 57.1 Å². The summed E-state index contributed by atoms with van der Waals surface area (Å²) in [5.74, 6) is 0.985. The topological polar surface area (TPSA) is 12.0 Å². The molecule has 2 rings (SSSR count). The molecule has 0 unspecified atom stereocenters. The van der Waals surface area contributed by atoms with E-state index < -0.39 is 0 Å². The van der Waals surface area contributed by atoms with Crippen molar-refractivity contribution < 1.29 is 0 Å². The van der Waals surface area contributed by atoms with Gasteiger partial charge in [0.1, 0.15) is 0 Å². The van der Waals surface area contributed by atoms with Crippen LogP contribution in [0.5, 0.6) is 0 Å². The molecule has 1 fully saturated rings. The zero-order valence-electron chi connectivity index (χ0n) is 11.0. The molecule has 1 heteroatoms. The molecule has 1 atom stereocenters. The van der Waals surface area contributed by atoms with Crippen molar-refractivity contribution in [2.75, 3.05) is 6.54 Å². The molecule has 1 aromatic rings. The molecule has 0 heterocycles. The zero-order chi connectivity index (χ0) is 11.9. The van der Waals surface area contributed by atoms with Gasteiger partial charge in [0.05, 0.1) is 0 Å². The Morgan fingerprint density at radius 1 is 1.12 bits per heavy atom.